The molecule has 1 aromatic heterocycles. The zero-order valence-electron chi connectivity index (χ0n) is 17.3. The molecule has 31 heavy (non-hydrogen) atoms. The van der Waals surface area contributed by atoms with E-state index < -0.39 is 10.0 Å². The molecule has 1 unspecified atom stereocenters. The second-order valence-corrected chi connectivity index (χ2v) is 10.0. The molecule has 0 radical (unpaired) electrons. The Morgan fingerprint density at radius 1 is 0.968 bits per heavy atom. The van der Waals surface area contributed by atoms with Gasteiger partial charge in [-0.15, -0.1) is 0 Å². The molecule has 4 nitrogen and oxygen atoms in total. The number of hydrogen-bond donors (Lipinski definition) is 0. The molecule has 1 fully saturated rings. The third kappa shape index (κ3) is 5.35. The van der Waals surface area contributed by atoms with E-state index in [4.69, 9.17) is 0 Å². The van der Waals surface area contributed by atoms with Crippen molar-refractivity contribution in [3.8, 4) is 0 Å². The quantitative estimate of drug-likeness (QED) is 0.562. The van der Waals surface area contributed by atoms with Gasteiger partial charge < -0.3 is 0 Å². The molecule has 2 heterocycles. The number of sulfonamides is 1. The van der Waals surface area contributed by atoms with E-state index in [9.17, 15) is 17.2 Å². The predicted octanol–water partition coefficient (Wildman–Crippen LogP) is 4.58. The molecule has 4 rings (SSSR count). The van der Waals surface area contributed by atoms with Gasteiger partial charge in [-0.25, -0.2) is 21.5 Å². The van der Waals surface area contributed by atoms with Gasteiger partial charge in [0.2, 0.25) is 10.0 Å². The lowest BCUT2D eigenvalue weighted by Crippen LogP contribution is -2.30. The van der Waals surface area contributed by atoms with Crippen molar-refractivity contribution in [3.63, 3.8) is 0 Å². The van der Waals surface area contributed by atoms with Crippen molar-refractivity contribution >= 4 is 10.0 Å². The molecular formula is C24H24F2N2O2S. The van der Waals surface area contributed by atoms with Gasteiger partial charge in [0.1, 0.15) is 11.6 Å². The van der Waals surface area contributed by atoms with Crippen LogP contribution in [0.3, 0.4) is 0 Å². The van der Waals surface area contributed by atoms with E-state index in [-0.39, 0.29) is 23.3 Å². The molecule has 3 aromatic rings. The summed E-state index contributed by atoms with van der Waals surface area (Å²) in [7, 11) is -3.50. The molecule has 0 N–H and O–H groups in total. The van der Waals surface area contributed by atoms with Gasteiger partial charge in [-0.2, -0.15) is 0 Å². The Hall–Kier alpha value is -2.64. The first kappa shape index (κ1) is 21.6. The molecular weight excluding hydrogens is 418 g/mol. The van der Waals surface area contributed by atoms with Crippen LogP contribution >= 0.6 is 0 Å². The van der Waals surface area contributed by atoms with Gasteiger partial charge in [0.25, 0.3) is 0 Å². The average Bonchev–Trinajstić information content (AvgIpc) is 3.21. The Kier molecular flexibility index (Phi) is 6.16. The number of pyridine rings is 1. The number of aromatic nitrogens is 1. The molecule has 0 spiro atoms. The van der Waals surface area contributed by atoms with Gasteiger partial charge in [0.05, 0.1) is 5.75 Å². The minimum Gasteiger partial charge on any atom is -0.258 e. The number of nitrogens with zero attached hydrogens (tertiary/aromatic N) is 2. The summed E-state index contributed by atoms with van der Waals surface area (Å²) in [5.74, 6) is -0.788. The SMILES string of the molecule is Cc1cc(Cc2cccc(F)c2)cc(C2CCN(S(=O)(=O)Cc3ccc(F)cc3)C2)n1. The Bertz CT molecular complexity index is 1180. The maximum Gasteiger partial charge on any atom is 0.218 e. The number of rotatable bonds is 6. The van der Waals surface area contributed by atoms with Crippen molar-refractivity contribution < 1.29 is 17.2 Å². The molecule has 0 saturated carbocycles. The summed E-state index contributed by atoms with van der Waals surface area (Å²) < 4.78 is 53.8. The van der Waals surface area contributed by atoms with Crippen molar-refractivity contribution in [2.75, 3.05) is 13.1 Å². The molecule has 1 atom stereocenters. The van der Waals surface area contributed by atoms with Crippen molar-refractivity contribution in [2.45, 2.75) is 31.4 Å². The van der Waals surface area contributed by atoms with E-state index in [1.54, 1.807) is 6.07 Å². The Morgan fingerprint density at radius 3 is 2.48 bits per heavy atom. The summed E-state index contributed by atoms with van der Waals surface area (Å²) in [6, 6.07) is 16.1. The number of aryl methyl sites for hydroxylation is 1. The fraction of sp³-hybridized carbons (Fsp3) is 0.292. The summed E-state index contributed by atoms with van der Waals surface area (Å²) in [6.07, 6.45) is 1.28. The van der Waals surface area contributed by atoms with Gasteiger partial charge in [-0.1, -0.05) is 24.3 Å². The fourth-order valence-corrected chi connectivity index (χ4v) is 5.65. The molecule has 1 aliphatic heterocycles. The summed E-state index contributed by atoms with van der Waals surface area (Å²) in [6.45, 7) is 2.72. The summed E-state index contributed by atoms with van der Waals surface area (Å²) in [5.41, 5.74) is 4.20. The molecule has 162 valence electrons. The maximum absolute atomic E-state index is 13.5. The van der Waals surface area contributed by atoms with Crippen LogP contribution in [0.1, 0.15) is 40.4 Å². The van der Waals surface area contributed by atoms with E-state index in [1.807, 2.05) is 25.1 Å². The number of hydrogen-bond acceptors (Lipinski definition) is 3. The van der Waals surface area contributed by atoms with Crippen LogP contribution in [0.15, 0.2) is 60.7 Å². The van der Waals surface area contributed by atoms with Crippen LogP contribution in [-0.4, -0.2) is 30.8 Å². The lowest BCUT2D eigenvalue weighted by atomic mass is 9.98. The standard InChI is InChI=1S/C24H24F2N2O2S/c1-17-11-20(12-19-3-2-4-23(26)13-19)14-24(27-17)21-9-10-28(15-21)31(29,30)16-18-5-7-22(25)8-6-18/h2-8,11,13-14,21H,9-10,12,15-16H2,1H3. The molecule has 7 heteroatoms. The van der Waals surface area contributed by atoms with Gasteiger partial charge in [0.15, 0.2) is 0 Å². The average molecular weight is 443 g/mol. The second kappa shape index (κ2) is 8.85. The highest BCUT2D eigenvalue weighted by atomic mass is 32.2. The monoisotopic (exact) mass is 442 g/mol. The highest BCUT2D eigenvalue weighted by Gasteiger charge is 2.33. The van der Waals surface area contributed by atoms with Crippen molar-refractivity contribution in [1.82, 2.24) is 9.29 Å². The zero-order valence-corrected chi connectivity index (χ0v) is 18.1. The summed E-state index contributed by atoms with van der Waals surface area (Å²) in [4.78, 5) is 4.65. The van der Waals surface area contributed by atoms with Gasteiger partial charge >= 0.3 is 0 Å². The minimum absolute atomic E-state index is 0.00847. The lowest BCUT2D eigenvalue weighted by molar-refractivity contribution is 0.471. The highest BCUT2D eigenvalue weighted by molar-refractivity contribution is 7.88. The lowest BCUT2D eigenvalue weighted by Gasteiger charge is -2.17. The van der Waals surface area contributed by atoms with E-state index in [2.05, 4.69) is 4.98 Å². The first-order valence-corrected chi connectivity index (χ1v) is 11.8. The van der Waals surface area contributed by atoms with E-state index in [0.717, 1.165) is 22.5 Å². The van der Waals surface area contributed by atoms with E-state index >= 15 is 0 Å². The fourth-order valence-electron chi connectivity index (χ4n) is 4.07. The maximum atomic E-state index is 13.5. The second-order valence-electron chi connectivity index (χ2n) is 8.07. The van der Waals surface area contributed by atoms with Gasteiger partial charge in [-0.3, -0.25) is 4.98 Å². The number of halogens is 2. The third-order valence-electron chi connectivity index (χ3n) is 5.56. The summed E-state index contributed by atoms with van der Waals surface area (Å²) in [5, 5.41) is 0. The molecule has 0 aliphatic carbocycles. The van der Waals surface area contributed by atoms with Crippen molar-refractivity contribution in [1.29, 1.82) is 0 Å². The Labute approximate surface area is 181 Å². The number of benzene rings is 2. The predicted molar refractivity (Wildman–Crippen MR) is 116 cm³/mol. The zero-order chi connectivity index (χ0) is 22.0. The molecule has 0 bridgehead atoms. The topological polar surface area (TPSA) is 50.3 Å². The molecule has 2 aromatic carbocycles. The van der Waals surface area contributed by atoms with Gasteiger partial charge in [0, 0.05) is 30.4 Å². The van der Waals surface area contributed by atoms with Crippen molar-refractivity contribution in [2.24, 2.45) is 0 Å². The highest BCUT2D eigenvalue weighted by Crippen LogP contribution is 2.30. The first-order valence-electron chi connectivity index (χ1n) is 10.2. The van der Waals surface area contributed by atoms with Crippen LogP contribution in [0.25, 0.3) is 0 Å². The molecule has 1 aliphatic rings. The first-order chi connectivity index (χ1) is 14.8. The molecule has 0 amide bonds. The van der Waals surface area contributed by atoms with E-state index in [0.29, 0.717) is 31.5 Å². The van der Waals surface area contributed by atoms with E-state index in [1.165, 1.54) is 40.7 Å². The third-order valence-corrected chi connectivity index (χ3v) is 7.37. The van der Waals surface area contributed by atoms with Crippen LogP contribution in [0.4, 0.5) is 8.78 Å². The Balaban J connectivity index is 1.48. The van der Waals surface area contributed by atoms with Crippen LogP contribution < -0.4 is 0 Å². The van der Waals surface area contributed by atoms with Crippen molar-refractivity contribution in [3.05, 3.63) is 100 Å². The largest absolute Gasteiger partial charge is 0.258 e. The van der Waals surface area contributed by atoms with Crippen LogP contribution in [0, 0.1) is 18.6 Å². The van der Waals surface area contributed by atoms with Crippen LogP contribution in [0.5, 0.6) is 0 Å². The normalized spacial score (nSPS) is 17.2. The summed E-state index contributed by atoms with van der Waals surface area (Å²) >= 11 is 0. The molecule has 1 saturated heterocycles. The van der Waals surface area contributed by atoms with Crippen LogP contribution in [0.2, 0.25) is 0 Å². The van der Waals surface area contributed by atoms with Gasteiger partial charge in [-0.05, 0) is 72.9 Å². The van der Waals surface area contributed by atoms with Crippen LogP contribution in [-0.2, 0) is 22.2 Å². The minimum atomic E-state index is -3.50. The Morgan fingerprint density at radius 2 is 1.74 bits per heavy atom. The smallest absolute Gasteiger partial charge is 0.218 e.